The van der Waals surface area contributed by atoms with Gasteiger partial charge in [0.15, 0.2) is 0 Å². The fourth-order valence-corrected chi connectivity index (χ4v) is 5.59. The Morgan fingerprint density at radius 3 is 2.64 bits per heavy atom. The zero-order chi connectivity index (χ0) is 15.7. The fraction of sp³-hybridized carbons (Fsp3) is 0.947. The molecule has 1 saturated carbocycles. The molecule has 0 bridgehead atoms. The van der Waals surface area contributed by atoms with E-state index in [0.29, 0.717) is 11.9 Å². The van der Waals surface area contributed by atoms with Gasteiger partial charge in [0.25, 0.3) is 0 Å². The van der Waals surface area contributed by atoms with Crippen LogP contribution in [-0.2, 0) is 4.79 Å². The van der Waals surface area contributed by atoms with Crippen molar-refractivity contribution in [2.45, 2.75) is 77.3 Å². The van der Waals surface area contributed by atoms with E-state index in [4.69, 9.17) is 0 Å². The largest absolute Gasteiger partial charge is 0.340 e. The van der Waals surface area contributed by atoms with Gasteiger partial charge in [0, 0.05) is 25.6 Å². The Kier molecular flexibility index (Phi) is 5.11. The highest BCUT2D eigenvalue weighted by atomic mass is 16.2. The molecule has 3 nitrogen and oxygen atoms in total. The highest BCUT2D eigenvalue weighted by molar-refractivity contribution is 5.73. The minimum absolute atomic E-state index is 0.303. The van der Waals surface area contributed by atoms with Crippen molar-refractivity contribution in [2.75, 3.05) is 20.1 Å². The van der Waals surface area contributed by atoms with Gasteiger partial charge in [-0.1, -0.05) is 13.3 Å². The molecular weight excluding hydrogens is 272 g/mol. The maximum absolute atomic E-state index is 12.0. The third-order valence-corrected chi connectivity index (χ3v) is 6.69. The molecule has 0 aromatic heterocycles. The van der Waals surface area contributed by atoms with Crippen LogP contribution < -0.4 is 0 Å². The van der Waals surface area contributed by atoms with Crippen molar-refractivity contribution in [2.24, 2.45) is 17.8 Å². The van der Waals surface area contributed by atoms with Crippen LogP contribution >= 0.6 is 0 Å². The molecule has 0 aromatic carbocycles. The Labute approximate surface area is 136 Å². The van der Waals surface area contributed by atoms with E-state index in [1.165, 1.54) is 57.9 Å². The molecule has 22 heavy (non-hydrogen) atoms. The van der Waals surface area contributed by atoms with Crippen LogP contribution in [0.25, 0.3) is 0 Å². The van der Waals surface area contributed by atoms with Gasteiger partial charge in [-0.3, -0.25) is 4.79 Å². The Morgan fingerprint density at radius 2 is 1.91 bits per heavy atom. The average Bonchev–Trinajstić information content (AvgIpc) is 2.48. The number of carbonyl (C=O) groups excluding carboxylic acids is 1. The molecule has 2 saturated heterocycles. The molecule has 3 fully saturated rings. The van der Waals surface area contributed by atoms with E-state index in [1.807, 2.05) is 0 Å². The standard InChI is InChI=1S/C19H34N2O/c1-14-11-16(13-17-7-4-5-9-20(17)3)18-8-6-10-21(15(2)22)19(18)12-14/h14,16-19H,4-13H2,1-3H3. The molecule has 1 aliphatic carbocycles. The molecule has 5 atom stereocenters. The van der Waals surface area contributed by atoms with Crippen LogP contribution in [0.15, 0.2) is 0 Å². The summed E-state index contributed by atoms with van der Waals surface area (Å²) in [6.45, 7) is 6.45. The monoisotopic (exact) mass is 306 g/mol. The van der Waals surface area contributed by atoms with Crippen LogP contribution in [-0.4, -0.2) is 47.9 Å². The maximum Gasteiger partial charge on any atom is 0.219 e. The zero-order valence-electron chi connectivity index (χ0n) is 14.8. The molecule has 0 N–H and O–H groups in total. The summed E-state index contributed by atoms with van der Waals surface area (Å²) >= 11 is 0. The molecule has 126 valence electrons. The van der Waals surface area contributed by atoms with E-state index in [-0.39, 0.29) is 0 Å². The van der Waals surface area contributed by atoms with E-state index in [9.17, 15) is 4.79 Å². The number of piperidine rings is 2. The van der Waals surface area contributed by atoms with Crippen LogP contribution in [0.1, 0.15) is 65.2 Å². The van der Waals surface area contributed by atoms with E-state index >= 15 is 0 Å². The van der Waals surface area contributed by atoms with Crippen molar-refractivity contribution in [1.82, 2.24) is 9.80 Å². The van der Waals surface area contributed by atoms with Crippen molar-refractivity contribution in [3.05, 3.63) is 0 Å². The first kappa shape index (κ1) is 16.3. The number of rotatable bonds is 2. The van der Waals surface area contributed by atoms with Gasteiger partial charge in [-0.15, -0.1) is 0 Å². The highest BCUT2D eigenvalue weighted by Gasteiger charge is 2.42. The lowest BCUT2D eigenvalue weighted by atomic mass is 9.65. The van der Waals surface area contributed by atoms with Crippen molar-refractivity contribution in [1.29, 1.82) is 0 Å². The summed E-state index contributed by atoms with van der Waals surface area (Å²) < 4.78 is 0. The number of hydrogen-bond acceptors (Lipinski definition) is 2. The van der Waals surface area contributed by atoms with Crippen molar-refractivity contribution >= 4 is 5.91 Å². The molecule has 2 aliphatic heterocycles. The second-order valence-corrected chi connectivity index (χ2v) is 8.29. The predicted molar refractivity (Wildman–Crippen MR) is 90.7 cm³/mol. The van der Waals surface area contributed by atoms with Crippen molar-refractivity contribution in [3.8, 4) is 0 Å². The molecule has 1 amide bonds. The normalized spacial score (nSPS) is 40.3. The van der Waals surface area contributed by atoms with Crippen molar-refractivity contribution < 1.29 is 4.79 Å². The summed E-state index contributed by atoms with van der Waals surface area (Å²) in [5.41, 5.74) is 0. The van der Waals surface area contributed by atoms with Gasteiger partial charge in [-0.25, -0.2) is 0 Å². The first-order valence-corrected chi connectivity index (χ1v) is 9.53. The summed E-state index contributed by atoms with van der Waals surface area (Å²) in [5, 5.41) is 0. The summed E-state index contributed by atoms with van der Waals surface area (Å²) in [5.74, 6) is 2.68. The summed E-state index contributed by atoms with van der Waals surface area (Å²) in [6.07, 6.45) is 10.7. The SMILES string of the molecule is CC(=O)N1CCCC2C(CC3CCCCN3C)CC(C)CC21. The first-order valence-electron chi connectivity index (χ1n) is 9.53. The van der Waals surface area contributed by atoms with Crippen molar-refractivity contribution in [3.63, 3.8) is 0 Å². The van der Waals surface area contributed by atoms with Gasteiger partial charge in [0.1, 0.15) is 0 Å². The van der Waals surface area contributed by atoms with Crippen LogP contribution in [0.5, 0.6) is 0 Å². The van der Waals surface area contributed by atoms with E-state index in [2.05, 4.69) is 23.8 Å². The summed E-state index contributed by atoms with van der Waals surface area (Å²) in [4.78, 5) is 16.8. The number of amides is 1. The van der Waals surface area contributed by atoms with Crippen LogP contribution in [0.2, 0.25) is 0 Å². The van der Waals surface area contributed by atoms with Gasteiger partial charge in [-0.05, 0) is 76.3 Å². The van der Waals surface area contributed by atoms with Crippen LogP contribution in [0, 0.1) is 17.8 Å². The first-order chi connectivity index (χ1) is 10.6. The maximum atomic E-state index is 12.0. The Hall–Kier alpha value is -0.570. The lowest BCUT2D eigenvalue weighted by Crippen LogP contribution is -2.53. The van der Waals surface area contributed by atoms with Gasteiger partial charge in [-0.2, -0.15) is 0 Å². The van der Waals surface area contributed by atoms with E-state index < -0.39 is 0 Å². The molecule has 3 heteroatoms. The van der Waals surface area contributed by atoms with Crippen LogP contribution in [0.3, 0.4) is 0 Å². The molecule has 0 spiro atoms. The third kappa shape index (κ3) is 3.34. The fourth-order valence-electron chi connectivity index (χ4n) is 5.59. The quantitative estimate of drug-likeness (QED) is 0.779. The Bertz CT molecular complexity index is 397. The summed E-state index contributed by atoms with van der Waals surface area (Å²) in [6, 6.07) is 1.33. The second-order valence-electron chi connectivity index (χ2n) is 8.29. The number of carbonyl (C=O) groups is 1. The molecule has 3 aliphatic rings. The second kappa shape index (κ2) is 6.90. The van der Waals surface area contributed by atoms with Gasteiger partial charge < -0.3 is 9.80 Å². The highest BCUT2D eigenvalue weighted by Crippen LogP contribution is 2.44. The molecular formula is C19H34N2O. The third-order valence-electron chi connectivity index (χ3n) is 6.69. The van der Waals surface area contributed by atoms with Gasteiger partial charge >= 0.3 is 0 Å². The number of fused-ring (bicyclic) bond motifs is 1. The molecule has 0 aromatic rings. The number of nitrogens with zero attached hydrogens (tertiary/aromatic N) is 2. The lowest BCUT2D eigenvalue weighted by Gasteiger charge is -2.50. The molecule has 0 radical (unpaired) electrons. The van der Waals surface area contributed by atoms with Gasteiger partial charge in [0.05, 0.1) is 0 Å². The summed E-state index contributed by atoms with van der Waals surface area (Å²) in [7, 11) is 2.32. The molecule has 3 rings (SSSR count). The smallest absolute Gasteiger partial charge is 0.219 e. The average molecular weight is 306 g/mol. The Balaban J connectivity index is 1.71. The zero-order valence-corrected chi connectivity index (χ0v) is 14.8. The topological polar surface area (TPSA) is 23.6 Å². The number of hydrogen-bond donors (Lipinski definition) is 0. The van der Waals surface area contributed by atoms with Gasteiger partial charge in [0.2, 0.25) is 5.91 Å². The molecule has 5 unspecified atom stereocenters. The van der Waals surface area contributed by atoms with E-state index in [0.717, 1.165) is 30.3 Å². The Morgan fingerprint density at radius 1 is 1.09 bits per heavy atom. The van der Waals surface area contributed by atoms with E-state index in [1.54, 1.807) is 6.92 Å². The predicted octanol–water partition coefficient (Wildman–Crippen LogP) is 3.53. The minimum Gasteiger partial charge on any atom is -0.340 e. The number of likely N-dealkylation sites (tertiary alicyclic amines) is 2. The minimum atomic E-state index is 0.303. The molecule has 2 heterocycles. The lowest BCUT2D eigenvalue weighted by molar-refractivity contribution is -0.137. The van der Waals surface area contributed by atoms with Crippen LogP contribution in [0.4, 0.5) is 0 Å².